The molecule has 4 aromatic rings. The molecule has 15 heteroatoms. The topological polar surface area (TPSA) is 206 Å². The highest BCUT2D eigenvalue weighted by Gasteiger charge is 2.31. The van der Waals surface area contributed by atoms with Crippen LogP contribution in [0.4, 0.5) is 0 Å². The first-order chi connectivity index (χ1) is 29.4. The number of unbranched alkanes of at least 4 members (excludes halogenated alkanes) is 10. The minimum atomic E-state index is -0.736. The Labute approximate surface area is 364 Å². The second-order valence-electron chi connectivity index (χ2n) is 15.6. The van der Waals surface area contributed by atoms with E-state index in [1.54, 1.807) is 13.0 Å². The maximum absolute atomic E-state index is 12.7. The summed E-state index contributed by atoms with van der Waals surface area (Å²) in [6.07, 6.45) is 14.6. The average Bonchev–Trinajstić information content (AvgIpc) is 3.22. The number of pyridine rings is 2. The van der Waals surface area contributed by atoms with Crippen molar-refractivity contribution in [3.8, 4) is 11.5 Å². The van der Waals surface area contributed by atoms with Crippen molar-refractivity contribution in [1.29, 1.82) is 0 Å². The molecule has 2 saturated heterocycles. The summed E-state index contributed by atoms with van der Waals surface area (Å²) in [5.74, 6) is -0.875. The number of nitrogens with one attached hydrogen (secondary N) is 2. The zero-order valence-corrected chi connectivity index (χ0v) is 37.0. The lowest BCUT2D eigenvalue weighted by atomic mass is 10.0. The number of hydrogen-bond acceptors (Lipinski definition) is 10. The lowest BCUT2D eigenvalue weighted by molar-refractivity contribution is -0.137. The molecule has 0 saturated carbocycles. The van der Waals surface area contributed by atoms with E-state index in [4.69, 9.17) is 14.9 Å². The third-order valence-corrected chi connectivity index (χ3v) is 11.4. The lowest BCUT2D eigenvalue weighted by Crippen LogP contribution is -2.44. The largest absolute Gasteiger partial charge is 0.508 e. The van der Waals surface area contributed by atoms with Gasteiger partial charge in [-0.3, -0.25) is 48.5 Å². The molecule has 0 radical (unpaired) electrons. The fourth-order valence-corrected chi connectivity index (χ4v) is 8.01. The molecule has 0 spiro atoms. The Morgan fingerprint density at radius 3 is 1.52 bits per heavy atom. The number of carbonyl (C=O) groups is 4. The Morgan fingerprint density at radius 1 is 0.607 bits per heavy atom. The molecule has 2 aliphatic heterocycles. The number of rotatable bonds is 18. The fraction of sp³-hybridized carbons (Fsp3) is 0.522. The molecular weight excluding hydrogens is 848 g/mol. The number of nitrogens with zero attached hydrogens (tertiary/aromatic N) is 2. The van der Waals surface area contributed by atoms with Crippen molar-refractivity contribution in [2.75, 3.05) is 25.2 Å². The summed E-state index contributed by atoms with van der Waals surface area (Å²) in [6, 6.07) is 11.9. The van der Waals surface area contributed by atoms with E-state index in [0.29, 0.717) is 36.4 Å². The van der Waals surface area contributed by atoms with Crippen LogP contribution in [0.3, 0.4) is 0 Å². The van der Waals surface area contributed by atoms with Crippen LogP contribution in [0.1, 0.15) is 126 Å². The van der Waals surface area contributed by atoms with Gasteiger partial charge < -0.3 is 20.1 Å². The molecule has 2 atom stereocenters. The van der Waals surface area contributed by atoms with Gasteiger partial charge in [0.15, 0.2) is 0 Å². The number of phenolic OH excluding ortho intramolecular Hbond substituents is 1. The molecule has 6 rings (SSSR count). The Morgan fingerprint density at radius 2 is 1.05 bits per heavy atom. The number of aromatic hydroxyl groups is 1. The summed E-state index contributed by atoms with van der Waals surface area (Å²) in [5.41, 5.74) is 2.19. The molecule has 2 aliphatic rings. The number of aryl methyl sites for hydroxylation is 2. The van der Waals surface area contributed by atoms with E-state index in [-0.39, 0.29) is 54.6 Å². The molecule has 61 heavy (non-hydrogen) atoms. The highest BCUT2D eigenvalue weighted by molar-refractivity contribution is 9.09. The Kier molecular flexibility index (Phi) is 20.1. The maximum atomic E-state index is 12.7. The van der Waals surface area contributed by atoms with Crippen LogP contribution in [-0.2, 0) is 19.2 Å². The van der Waals surface area contributed by atoms with Gasteiger partial charge in [0.05, 0.1) is 17.6 Å². The molecule has 0 aliphatic carbocycles. The minimum Gasteiger partial charge on any atom is -0.508 e. The van der Waals surface area contributed by atoms with Gasteiger partial charge in [0.2, 0.25) is 23.6 Å². The highest BCUT2D eigenvalue weighted by Crippen LogP contribution is 2.29. The number of ether oxygens (including phenoxy) is 1. The zero-order valence-electron chi connectivity index (χ0n) is 35.4. The minimum absolute atomic E-state index is 0.0218. The molecule has 5 N–H and O–H groups in total. The van der Waals surface area contributed by atoms with Gasteiger partial charge in [0.25, 0.3) is 11.1 Å². The number of imide groups is 2. The number of aliphatic hydroxyl groups excluding tert-OH is 2. The number of benzene rings is 2. The Hall–Kier alpha value is -4.86. The van der Waals surface area contributed by atoms with E-state index in [1.807, 2.05) is 25.1 Å². The van der Waals surface area contributed by atoms with Crippen molar-refractivity contribution in [3.05, 3.63) is 80.4 Å². The monoisotopic (exact) mass is 908 g/mol. The second kappa shape index (κ2) is 25.2. The van der Waals surface area contributed by atoms with E-state index in [9.17, 15) is 33.9 Å². The standard InChI is InChI=1S/C23H30N2O5.C15H14N2O4.C8H17BrO/c1-16-14-22(28)25(19-10-11-21(27)24-23(19)29)20-15-17(8-9-18(16)20)30-13-7-5-3-2-4-6-12-26;1-8-6-14(20)17(11-4-5-13(19)16-15(11)21)12-7-9(18)2-3-10(8)12;9-7-5-3-1-2-4-6-8-10/h8-9,14-15,19,26H,2-7,10-13H2,1H3,(H,24,27,29);2-3,6-7,11,18H,4-5H2,1H3,(H,16,19,21);10H,1-8H2. The van der Waals surface area contributed by atoms with E-state index >= 15 is 0 Å². The molecule has 2 fully saturated rings. The number of piperidine rings is 2. The second-order valence-corrected chi connectivity index (χ2v) is 16.4. The predicted molar refractivity (Wildman–Crippen MR) is 239 cm³/mol. The van der Waals surface area contributed by atoms with Crippen LogP contribution < -0.4 is 26.5 Å². The molecule has 4 heterocycles. The van der Waals surface area contributed by atoms with Crippen molar-refractivity contribution in [1.82, 2.24) is 19.8 Å². The SMILES string of the molecule is Cc1cc(=O)n(C2CCC(=O)NC2=O)c2cc(O)ccc12.Cc1cc(=O)n(C2CCC(=O)NC2=O)c2cc(OCCCCCCCCO)ccc12.OCCCCCCCCBr. The third-order valence-electron chi connectivity index (χ3n) is 10.9. The van der Waals surface area contributed by atoms with Gasteiger partial charge in [0.1, 0.15) is 23.6 Å². The number of amides is 4. The molecule has 332 valence electrons. The number of phenols is 1. The quantitative estimate of drug-likeness (QED) is 0.0406. The number of carbonyl (C=O) groups excluding carboxylic acids is 4. The number of alkyl halides is 1. The van der Waals surface area contributed by atoms with E-state index in [0.717, 1.165) is 72.2 Å². The molecule has 4 amide bonds. The van der Waals surface area contributed by atoms with Crippen molar-refractivity contribution < 1.29 is 39.2 Å². The Balaban J connectivity index is 0.000000228. The summed E-state index contributed by atoms with van der Waals surface area (Å²) in [4.78, 5) is 72.2. The number of fused-ring (bicyclic) bond motifs is 2. The summed E-state index contributed by atoms with van der Waals surface area (Å²) >= 11 is 3.39. The lowest BCUT2D eigenvalue weighted by Gasteiger charge is -2.25. The van der Waals surface area contributed by atoms with E-state index in [1.165, 1.54) is 65.5 Å². The molecule has 0 bridgehead atoms. The van der Waals surface area contributed by atoms with Crippen molar-refractivity contribution in [3.63, 3.8) is 0 Å². The van der Waals surface area contributed by atoms with Gasteiger partial charge in [-0.25, -0.2) is 0 Å². The van der Waals surface area contributed by atoms with Gasteiger partial charge >= 0.3 is 0 Å². The third kappa shape index (κ3) is 14.4. The van der Waals surface area contributed by atoms with Gasteiger partial charge in [-0.1, -0.05) is 67.3 Å². The van der Waals surface area contributed by atoms with Crippen LogP contribution in [0.5, 0.6) is 11.5 Å². The first kappa shape index (κ1) is 48.8. The smallest absolute Gasteiger partial charge is 0.252 e. The van der Waals surface area contributed by atoms with Crippen LogP contribution in [0, 0.1) is 13.8 Å². The predicted octanol–water partition coefficient (Wildman–Crippen LogP) is 6.71. The molecular formula is C46H61BrN4O10. The highest BCUT2D eigenvalue weighted by atomic mass is 79.9. The van der Waals surface area contributed by atoms with Crippen LogP contribution in [0.15, 0.2) is 58.1 Å². The van der Waals surface area contributed by atoms with E-state index in [2.05, 4.69) is 26.6 Å². The van der Waals surface area contributed by atoms with Crippen LogP contribution in [0.2, 0.25) is 0 Å². The van der Waals surface area contributed by atoms with E-state index < -0.39 is 23.9 Å². The van der Waals surface area contributed by atoms with Gasteiger partial charge in [-0.15, -0.1) is 0 Å². The van der Waals surface area contributed by atoms with Crippen LogP contribution >= 0.6 is 15.9 Å². The van der Waals surface area contributed by atoms with Crippen molar-refractivity contribution in [2.24, 2.45) is 0 Å². The maximum Gasteiger partial charge on any atom is 0.252 e. The molecule has 14 nitrogen and oxygen atoms in total. The van der Waals surface area contributed by atoms with Crippen molar-refractivity contribution in [2.45, 2.75) is 129 Å². The summed E-state index contributed by atoms with van der Waals surface area (Å²) in [7, 11) is 0. The molecule has 2 unspecified atom stereocenters. The number of halogens is 1. The first-order valence-corrected chi connectivity index (χ1v) is 22.6. The van der Waals surface area contributed by atoms with Gasteiger partial charge in [-0.2, -0.15) is 0 Å². The summed E-state index contributed by atoms with van der Waals surface area (Å²) in [5, 5.41) is 34.3. The molecule has 2 aromatic heterocycles. The van der Waals surface area contributed by atoms with Gasteiger partial charge in [0, 0.05) is 66.4 Å². The summed E-state index contributed by atoms with van der Waals surface area (Å²) < 4.78 is 8.73. The van der Waals surface area contributed by atoms with Crippen LogP contribution in [0.25, 0.3) is 21.8 Å². The number of aromatic nitrogens is 2. The zero-order chi connectivity index (χ0) is 44.3. The first-order valence-electron chi connectivity index (χ1n) is 21.5. The molecule has 2 aromatic carbocycles. The summed E-state index contributed by atoms with van der Waals surface area (Å²) in [6.45, 7) is 4.87. The number of hydrogen-bond donors (Lipinski definition) is 5. The number of aliphatic hydroxyl groups is 2. The van der Waals surface area contributed by atoms with Gasteiger partial charge in [-0.05, 0) is 87.8 Å². The normalized spacial score (nSPS) is 16.3. The Bertz CT molecular complexity index is 2230. The van der Waals surface area contributed by atoms with Crippen molar-refractivity contribution >= 4 is 61.4 Å². The van der Waals surface area contributed by atoms with Crippen LogP contribution in [-0.4, -0.2) is 73.2 Å². The average molecular weight is 910 g/mol. The fourth-order valence-electron chi connectivity index (χ4n) is 7.61.